The average Bonchev–Trinajstić information content (AvgIpc) is 2.99. The lowest BCUT2D eigenvalue weighted by atomic mass is 10.1. The zero-order chi connectivity index (χ0) is 18.1. The Morgan fingerprint density at radius 1 is 1.20 bits per heavy atom. The van der Waals surface area contributed by atoms with Crippen LogP contribution in [-0.4, -0.2) is 40.8 Å². The number of methoxy groups -OCH3 is 2. The van der Waals surface area contributed by atoms with Crippen LogP contribution in [0.4, 0.5) is 5.82 Å². The Bertz CT molecular complexity index is 925. The maximum atomic E-state index is 6.46. The number of anilines is 1. The monoisotopic (exact) mass is 511 g/mol. The molecular weight excluding hydrogens is 499 g/mol. The Labute approximate surface area is 168 Å². The lowest BCUT2D eigenvalue weighted by Crippen LogP contribution is -1.97. The third-order valence-electron chi connectivity index (χ3n) is 3.54. The summed E-state index contributed by atoms with van der Waals surface area (Å²) in [5.41, 5.74) is 1.15. The van der Waals surface area contributed by atoms with Crippen LogP contribution in [0.3, 0.4) is 0 Å². The van der Waals surface area contributed by atoms with Gasteiger partial charge in [-0.2, -0.15) is 0 Å². The molecule has 1 aromatic carbocycles. The zero-order valence-corrected chi connectivity index (χ0v) is 18.1. The van der Waals surface area contributed by atoms with E-state index in [1.165, 1.54) is 14.2 Å². The van der Waals surface area contributed by atoms with Crippen molar-refractivity contribution >= 4 is 68.5 Å². The van der Waals surface area contributed by atoms with Crippen molar-refractivity contribution in [2.24, 2.45) is 0 Å². The number of ether oxygens (including phenoxy) is 2. The number of fused-ring (bicyclic) bond motifs is 1. The predicted octanol–water partition coefficient (Wildman–Crippen LogP) is 4.65. The number of rotatable bonds is 5. The number of hydrogen-bond acceptors (Lipinski definition) is 6. The highest BCUT2D eigenvalue weighted by Crippen LogP contribution is 2.45. The number of nitrogens with one attached hydrogen (secondary N) is 1. The number of halogens is 3. The minimum absolute atomic E-state index is 0.324. The first-order valence-electron chi connectivity index (χ1n) is 6.96. The molecule has 3 aromatic rings. The lowest BCUT2D eigenvalue weighted by Gasteiger charge is -2.13. The van der Waals surface area contributed by atoms with E-state index in [1.807, 2.05) is 0 Å². The molecule has 0 amide bonds. The molecule has 0 radical (unpaired) electrons. The van der Waals surface area contributed by atoms with Crippen molar-refractivity contribution in [3.05, 3.63) is 22.3 Å². The summed E-state index contributed by atoms with van der Waals surface area (Å²) in [7, 11) is 4.85. The van der Waals surface area contributed by atoms with Gasteiger partial charge in [-0.05, 0) is 22.0 Å². The first kappa shape index (κ1) is 18.7. The smallest absolute Gasteiger partial charge is 0.168 e. The molecule has 0 aliphatic rings. The minimum Gasteiger partial charge on any atom is -0.495 e. The molecule has 0 bridgehead atoms. The second kappa shape index (κ2) is 7.65. The van der Waals surface area contributed by atoms with Gasteiger partial charge in [0.25, 0.3) is 0 Å². The average molecular weight is 512 g/mol. The van der Waals surface area contributed by atoms with E-state index < -0.39 is 0 Å². The summed E-state index contributed by atoms with van der Waals surface area (Å²) in [5.74, 6) is 1.95. The molecule has 7 nitrogen and oxygen atoms in total. The molecule has 1 N–H and O–H groups in total. The van der Waals surface area contributed by atoms with Crippen LogP contribution in [0.5, 0.6) is 11.5 Å². The summed E-state index contributed by atoms with van der Waals surface area (Å²) in [6.07, 6.45) is 2.08. The summed E-state index contributed by atoms with van der Waals surface area (Å²) < 4.78 is 12.4. The van der Waals surface area contributed by atoms with Crippen LogP contribution < -0.4 is 14.8 Å². The SMILES string of the molecule is CNc1nn(PI)c2nc(-c3c(Cl)c(OC)cc(OC)c3Cl)ncc12. The summed E-state index contributed by atoms with van der Waals surface area (Å²) >= 11 is 15.2. The summed E-state index contributed by atoms with van der Waals surface area (Å²) in [6.45, 7) is 0. The van der Waals surface area contributed by atoms with Gasteiger partial charge in [-0.3, -0.25) is 0 Å². The maximum absolute atomic E-state index is 6.46. The molecular formula is C14H13Cl2IN5O2P. The fourth-order valence-corrected chi connectivity index (χ4v) is 4.42. The molecule has 11 heteroatoms. The molecule has 0 aliphatic carbocycles. The van der Waals surface area contributed by atoms with E-state index >= 15 is 0 Å². The van der Waals surface area contributed by atoms with Crippen LogP contribution in [0.1, 0.15) is 0 Å². The third kappa shape index (κ3) is 3.20. The Balaban J connectivity index is 2.30. The molecule has 0 aliphatic heterocycles. The molecule has 2 aromatic heterocycles. The Morgan fingerprint density at radius 2 is 1.84 bits per heavy atom. The normalized spacial score (nSPS) is 11.4. The molecule has 3 rings (SSSR count). The molecule has 1 atom stereocenters. The standard InChI is InChI=1S/C14H13Cl2IN5O2P/c1-18-12-6-5-19-13(20-14(6)22(21-12)25-17)9-10(15)7(23-2)4-8(24-3)11(9)16/h4-5,25H,1-3H3,(H,18,21). The van der Waals surface area contributed by atoms with Gasteiger partial charge in [0.1, 0.15) is 11.5 Å². The molecule has 0 saturated heterocycles. The fraction of sp³-hybridized carbons (Fsp3) is 0.214. The second-order valence-corrected chi connectivity index (χ2v) is 7.61. The van der Waals surface area contributed by atoms with Crippen molar-refractivity contribution in [2.75, 3.05) is 26.6 Å². The van der Waals surface area contributed by atoms with Crippen LogP contribution in [0.2, 0.25) is 10.0 Å². The van der Waals surface area contributed by atoms with Gasteiger partial charge < -0.3 is 14.8 Å². The Morgan fingerprint density at radius 3 is 2.36 bits per heavy atom. The first-order valence-corrected chi connectivity index (χ1v) is 11.8. The number of aromatic nitrogens is 4. The molecule has 2 heterocycles. The van der Waals surface area contributed by atoms with E-state index in [-0.39, 0.29) is 0 Å². The van der Waals surface area contributed by atoms with Crippen molar-refractivity contribution in [3.8, 4) is 22.9 Å². The highest BCUT2D eigenvalue weighted by atomic mass is 127. The minimum atomic E-state index is 0.324. The van der Waals surface area contributed by atoms with Crippen molar-refractivity contribution in [3.63, 3.8) is 0 Å². The highest BCUT2D eigenvalue weighted by molar-refractivity contribution is 14.2. The Hall–Kier alpha value is -1.09. The van der Waals surface area contributed by atoms with Gasteiger partial charge in [0.2, 0.25) is 0 Å². The maximum Gasteiger partial charge on any atom is 0.168 e. The van der Waals surface area contributed by atoms with Crippen LogP contribution >= 0.6 is 51.6 Å². The van der Waals surface area contributed by atoms with Gasteiger partial charge in [0.15, 0.2) is 17.3 Å². The van der Waals surface area contributed by atoms with E-state index in [4.69, 9.17) is 32.7 Å². The van der Waals surface area contributed by atoms with E-state index in [1.54, 1.807) is 23.8 Å². The lowest BCUT2D eigenvalue weighted by molar-refractivity contribution is 0.395. The summed E-state index contributed by atoms with van der Waals surface area (Å²) in [4.78, 5) is 9.05. The van der Waals surface area contributed by atoms with Gasteiger partial charge in [-0.1, -0.05) is 23.2 Å². The van der Waals surface area contributed by atoms with E-state index in [0.29, 0.717) is 50.8 Å². The predicted molar refractivity (Wildman–Crippen MR) is 111 cm³/mol. The van der Waals surface area contributed by atoms with Crippen LogP contribution in [0, 0.1) is 0 Å². The van der Waals surface area contributed by atoms with Crippen LogP contribution in [0.15, 0.2) is 12.3 Å². The summed E-state index contributed by atoms with van der Waals surface area (Å²) in [5, 5.41) is 8.97. The number of benzene rings is 1. The molecule has 0 saturated carbocycles. The van der Waals surface area contributed by atoms with E-state index in [9.17, 15) is 0 Å². The topological polar surface area (TPSA) is 74.1 Å². The van der Waals surface area contributed by atoms with Crippen LogP contribution in [-0.2, 0) is 0 Å². The third-order valence-corrected chi connectivity index (χ3v) is 6.13. The summed E-state index contributed by atoms with van der Waals surface area (Å²) in [6, 6.07) is 1.63. The van der Waals surface area contributed by atoms with E-state index in [0.717, 1.165) is 5.39 Å². The number of hydrogen-bond donors (Lipinski definition) is 1. The van der Waals surface area contributed by atoms with Gasteiger partial charge in [0, 0.05) is 19.3 Å². The van der Waals surface area contributed by atoms with Crippen LogP contribution in [0.25, 0.3) is 22.4 Å². The van der Waals surface area contributed by atoms with Crippen molar-refractivity contribution < 1.29 is 9.47 Å². The highest BCUT2D eigenvalue weighted by Gasteiger charge is 2.22. The first-order chi connectivity index (χ1) is 12.0. The van der Waals surface area contributed by atoms with Gasteiger partial charge in [0.05, 0.1) is 41.6 Å². The van der Waals surface area contributed by atoms with Crippen molar-refractivity contribution in [1.29, 1.82) is 0 Å². The molecule has 25 heavy (non-hydrogen) atoms. The second-order valence-electron chi connectivity index (χ2n) is 4.81. The van der Waals surface area contributed by atoms with Gasteiger partial charge >= 0.3 is 0 Å². The van der Waals surface area contributed by atoms with E-state index in [2.05, 4.69) is 42.4 Å². The largest absolute Gasteiger partial charge is 0.495 e. The van der Waals surface area contributed by atoms with Crippen molar-refractivity contribution in [2.45, 2.75) is 0 Å². The zero-order valence-electron chi connectivity index (χ0n) is 13.4. The quantitative estimate of drug-likeness (QED) is 0.397. The van der Waals surface area contributed by atoms with Gasteiger partial charge in [-0.15, -0.1) is 5.10 Å². The molecule has 132 valence electrons. The molecule has 0 fully saturated rings. The number of nitrogens with zero attached hydrogens (tertiary/aromatic N) is 4. The molecule has 0 spiro atoms. The van der Waals surface area contributed by atoms with Gasteiger partial charge in [-0.25, -0.2) is 14.4 Å². The molecule has 1 unspecified atom stereocenters. The van der Waals surface area contributed by atoms with Crippen molar-refractivity contribution in [1.82, 2.24) is 19.5 Å². The fourth-order valence-electron chi connectivity index (χ4n) is 2.35. The Kier molecular flexibility index (Phi) is 5.72.